The third-order valence-corrected chi connectivity index (χ3v) is 4.05. The number of nitrogens with zero attached hydrogens (tertiary/aromatic N) is 2. The number of pyridine rings is 1. The Bertz CT molecular complexity index is 461. The number of fused-ring (bicyclic) bond motifs is 1. The average Bonchev–Trinajstić information content (AvgIpc) is 2.85. The number of alkyl halides is 3. The second kappa shape index (κ2) is 4.67. The molecule has 1 N–H and O–H groups in total. The number of nitrogens with one attached hydrogen (secondary N) is 1. The maximum Gasteiger partial charge on any atom is 0.419 e. The SMILES string of the molecule is FC(F)(F)c1cccnc1N1CCC2NCCC2C1. The van der Waals surface area contributed by atoms with E-state index in [1.807, 2.05) is 0 Å². The van der Waals surface area contributed by atoms with Gasteiger partial charge in [-0.15, -0.1) is 0 Å². The van der Waals surface area contributed by atoms with Gasteiger partial charge in [0.25, 0.3) is 0 Å². The highest BCUT2D eigenvalue weighted by Crippen LogP contribution is 2.37. The topological polar surface area (TPSA) is 28.2 Å². The lowest BCUT2D eigenvalue weighted by Gasteiger charge is -2.36. The van der Waals surface area contributed by atoms with E-state index < -0.39 is 11.7 Å². The van der Waals surface area contributed by atoms with E-state index in [1.165, 1.54) is 12.3 Å². The molecule has 6 heteroatoms. The highest BCUT2D eigenvalue weighted by atomic mass is 19.4. The Morgan fingerprint density at radius 3 is 2.95 bits per heavy atom. The number of rotatable bonds is 1. The van der Waals surface area contributed by atoms with Gasteiger partial charge in [0.2, 0.25) is 0 Å². The van der Waals surface area contributed by atoms with Crippen LogP contribution in [0.3, 0.4) is 0 Å². The van der Waals surface area contributed by atoms with Crippen molar-refractivity contribution in [3.8, 4) is 0 Å². The molecule has 0 radical (unpaired) electrons. The van der Waals surface area contributed by atoms with Crippen LogP contribution in [0.15, 0.2) is 18.3 Å². The van der Waals surface area contributed by atoms with Gasteiger partial charge >= 0.3 is 6.18 Å². The van der Waals surface area contributed by atoms with Crippen molar-refractivity contribution >= 4 is 5.82 Å². The molecule has 104 valence electrons. The largest absolute Gasteiger partial charge is 0.419 e. The molecule has 2 saturated heterocycles. The predicted molar refractivity (Wildman–Crippen MR) is 66.0 cm³/mol. The van der Waals surface area contributed by atoms with E-state index >= 15 is 0 Å². The zero-order valence-electron chi connectivity index (χ0n) is 10.5. The van der Waals surface area contributed by atoms with Crippen molar-refractivity contribution < 1.29 is 13.2 Å². The standard InChI is InChI=1S/C13H16F3N3/c14-13(15,16)10-2-1-5-18-12(10)19-7-4-11-9(8-19)3-6-17-11/h1-2,5,9,11,17H,3-4,6-8H2. The molecular formula is C13H16F3N3. The monoisotopic (exact) mass is 271 g/mol. The van der Waals surface area contributed by atoms with E-state index in [2.05, 4.69) is 10.3 Å². The van der Waals surface area contributed by atoms with E-state index in [-0.39, 0.29) is 5.82 Å². The van der Waals surface area contributed by atoms with Crippen LogP contribution in [0, 0.1) is 5.92 Å². The van der Waals surface area contributed by atoms with Crippen LogP contribution in [0.1, 0.15) is 18.4 Å². The lowest BCUT2D eigenvalue weighted by molar-refractivity contribution is -0.137. The lowest BCUT2D eigenvalue weighted by atomic mass is 9.93. The third-order valence-electron chi connectivity index (χ3n) is 4.05. The number of hydrogen-bond donors (Lipinski definition) is 1. The Labute approximate surface area is 109 Å². The van der Waals surface area contributed by atoms with Gasteiger partial charge in [0.05, 0.1) is 5.56 Å². The molecule has 2 fully saturated rings. The molecule has 2 aliphatic rings. The lowest BCUT2D eigenvalue weighted by Crippen LogP contribution is -2.45. The van der Waals surface area contributed by atoms with Crippen LogP contribution in [0.5, 0.6) is 0 Å². The zero-order chi connectivity index (χ0) is 13.5. The zero-order valence-corrected chi connectivity index (χ0v) is 10.5. The van der Waals surface area contributed by atoms with Gasteiger partial charge in [0.1, 0.15) is 5.82 Å². The van der Waals surface area contributed by atoms with Crippen LogP contribution in [0.4, 0.5) is 19.0 Å². The van der Waals surface area contributed by atoms with Gasteiger partial charge < -0.3 is 10.2 Å². The Kier molecular flexibility index (Phi) is 3.12. The minimum Gasteiger partial charge on any atom is -0.356 e. The van der Waals surface area contributed by atoms with E-state index in [4.69, 9.17) is 0 Å². The summed E-state index contributed by atoms with van der Waals surface area (Å²) in [6.45, 7) is 2.27. The minimum absolute atomic E-state index is 0.0837. The summed E-state index contributed by atoms with van der Waals surface area (Å²) in [6, 6.07) is 2.92. The fraction of sp³-hybridized carbons (Fsp3) is 0.615. The van der Waals surface area contributed by atoms with Gasteiger partial charge in [-0.2, -0.15) is 13.2 Å². The number of aromatic nitrogens is 1. The first-order valence-corrected chi connectivity index (χ1v) is 6.56. The van der Waals surface area contributed by atoms with Gasteiger partial charge in [0.15, 0.2) is 0 Å². The first-order valence-electron chi connectivity index (χ1n) is 6.56. The van der Waals surface area contributed by atoms with Crippen molar-refractivity contribution in [3.05, 3.63) is 23.9 Å². The summed E-state index contributed by atoms with van der Waals surface area (Å²) in [4.78, 5) is 5.76. The highest BCUT2D eigenvalue weighted by molar-refractivity contribution is 5.49. The molecule has 1 aromatic heterocycles. The van der Waals surface area contributed by atoms with Crippen molar-refractivity contribution in [2.75, 3.05) is 24.5 Å². The average molecular weight is 271 g/mol. The second-order valence-corrected chi connectivity index (χ2v) is 5.22. The fourth-order valence-electron chi connectivity index (χ4n) is 3.11. The van der Waals surface area contributed by atoms with Crippen molar-refractivity contribution in [3.63, 3.8) is 0 Å². The molecule has 2 unspecified atom stereocenters. The summed E-state index contributed by atoms with van der Waals surface area (Å²) in [5.41, 5.74) is -0.626. The Balaban J connectivity index is 1.86. The Hall–Kier alpha value is -1.30. The molecule has 2 atom stereocenters. The van der Waals surface area contributed by atoms with Crippen molar-refractivity contribution in [2.24, 2.45) is 5.92 Å². The van der Waals surface area contributed by atoms with Gasteiger partial charge in [-0.3, -0.25) is 0 Å². The molecule has 0 spiro atoms. The molecule has 0 saturated carbocycles. The summed E-state index contributed by atoms with van der Waals surface area (Å²) >= 11 is 0. The van der Waals surface area contributed by atoms with Crippen LogP contribution in [-0.4, -0.2) is 30.7 Å². The summed E-state index contributed by atoms with van der Waals surface area (Å²) in [5.74, 6) is 0.525. The molecular weight excluding hydrogens is 255 g/mol. The summed E-state index contributed by atoms with van der Waals surface area (Å²) in [6.07, 6.45) is -0.980. The van der Waals surface area contributed by atoms with Gasteiger partial charge in [-0.25, -0.2) is 4.98 Å². The van der Waals surface area contributed by atoms with E-state index in [9.17, 15) is 13.2 Å². The third kappa shape index (κ3) is 2.41. The minimum atomic E-state index is -4.34. The van der Waals surface area contributed by atoms with Gasteiger partial charge in [-0.05, 0) is 37.4 Å². The molecule has 3 rings (SSSR count). The van der Waals surface area contributed by atoms with E-state index in [0.29, 0.717) is 25.0 Å². The molecule has 3 heterocycles. The van der Waals surface area contributed by atoms with Gasteiger partial charge in [0, 0.05) is 25.3 Å². The smallest absolute Gasteiger partial charge is 0.356 e. The van der Waals surface area contributed by atoms with Crippen molar-refractivity contribution in [1.82, 2.24) is 10.3 Å². The van der Waals surface area contributed by atoms with Crippen LogP contribution >= 0.6 is 0 Å². The van der Waals surface area contributed by atoms with E-state index in [0.717, 1.165) is 25.5 Å². The second-order valence-electron chi connectivity index (χ2n) is 5.22. The van der Waals surface area contributed by atoms with Crippen molar-refractivity contribution in [1.29, 1.82) is 0 Å². The molecule has 2 aliphatic heterocycles. The molecule has 19 heavy (non-hydrogen) atoms. The summed E-state index contributed by atoms with van der Waals surface area (Å²) < 4.78 is 39.0. The summed E-state index contributed by atoms with van der Waals surface area (Å²) in [7, 11) is 0. The molecule has 0 bridgehead atoms. The van der Waals surface area contributed by atoms with Crippen molar-refractivity contribution in [2.45, 2.75) is 25.1 Å². The fourth-order valence-corrected chi connectivity index (χ4v) is 3.11. The molecule has 0 aromatic carbocycles. The van der Waals surface area contributed by atoms with Crippen LogP contribution in [0.25, 0.3) is 0 Å². The van der Waals surface area contributed by atoms with Crippen LogP contribution in [-0.2, 0) is 6.18 Å². The first-order chi connectivity index (χ1) is 9.05. The number of hydrogen-bond acceptors (Lipinski definition) is 3. The van der Waals surface area contributed by atoms with Crippen LogP contribution < -0.4 is 10.2 Å². The van der Waals surface area contributed by atoms with Crippen LogP contribution in [0.2, 0.25) is 0 Å². The summed E-state index contributed by atoms with van der Waals surface area (Å²) in [5, 5.41) is 3.41. The molecule has 0 aliphatic carbocycles. The number of halogens is 3. The highest BCUT2D eigenvalue weighted by Gasteiger charge is 2.38. The molecule has 1 aromatic rings. The first kappa shape index (κ1) is 12.7. The Morgan fingerprint density at radius 1 is 1.32 bits per heavy atom. The predicted octanol–water partition coefficient (Wildman–Crippen LogP) is 2.29. The normalized spacial score (nSPS) is 27.4. The quantitative estimate of drug-likeness (QED) is 0.849. The maximum absolute atomic E-state index is 13.0. The van der Waals surface area contributed by atoms with Gasteiger partial charge in [-0.1, -0.05) is 0 Å². The molecule has 0 amide bonds. The van der Waals surface area contributed by atoms with E-state index in [1.54, 1.807) is 4.90 Å². The number of piperidine rings is 1. The number of anilines is 1. The Morgan fingerprint density at radius 2 is 2.16 bits per heavy atom. The molecule has 3 nitrogen and oxygen atoms in total. The maximum atomic E-state index is 13.0.